The van der Waals surface area contributed by atoms with Crippen molar-refractivity contribution in [3.63, 3.8) is 0 Å². The molecule has 0 saturated carbocycles. The molecular formula is C16H27N3O2. The van der Waals surface area contributed by atoms with E-state index in [0.29, 0.717) is 0 Å². The molecule has 1 aromatic heterocycles. The highest BCUT2D eigenvalue weighted by molar-refractivity contribution is 5.78. The molecule has 0 N–H and O–H groups in total. The number of aromatic nitrogens is 1. The van der Waals surface area contributed by atoms with Crippen LogP contribution in [-0.4, -0.2) is 47.9 Å². The molecule has 0 bridgehead atoms. The van der Waals surface area contributed by atoms with E-state index in [4.69, 9.17) is 4.42 Å². The molecule has 0 spiro atoms. The first-order chi connectivity index (χ1) is 9.77. The van der Waals surface area contributed by atoms with Crippen LogP contribution in [0.1, 0.15) is 45.3 Å². The van der Waals surface area contributed by atoms with Crippen LogP contribution in [-0.2, 0) is 16.8 Å². The molecule has 1 aliphatic rings. The van der Waals surface area contributed by atoms with E-state index in [9.17, 15) is 4.79 Å². The summed E-state index contributed by atoms with van der Waals surface area (Å²) in [5.41, 5.74) is -0.00360. The van der Waals surface area contributed by atoms with Gasteiger partial charge in [-0.05, 0) is 25.9 Å². The molecule has 5 nitrogen and oxygen atoms in total. The van der Waals surface area contributed by atoms with Crippen molar-refractivity contribution >= 4 is 5.91 Å². The Morgan fingerprint density at radius 2 is 2.00 bits per heavy atom. The molecule has 0 aliphatic carbocycles. The van der Waals surface area contributed by atoms with E-state index in [0.717, 1.165) is 44.1 Å². The largest absolute Gasteiger partial charge is 0.444 e. The van der Waals surface area contributed by atoms with Crippen LogP contribution in [0.2, 0.25) is 0 Å². The van der Waals surface area contributed by atoms with Crippen molar-refractivity contribution in [3.8, 4) is 0 Å². The summed E-state index contributed by atoms with van der Waals surface area (Å²) >= 11 is 0. The Morgan fingerprint density at radius 3 is 2.48 bits per heavy atom. The molecule has 1 fully saturated rings. The van der Waals surface area contributed by atoms with Gasteiger partial charge in [0.25, 0.3) is 0 Å². The van der Waals surface area contributed by atoms with E-state index in [1.54, 1.807) is 4.90 Å². The van der Waals surface area contributed by atoms with E-state index >= 15 is 0 Å². The Balaban J connectivity index is 1.86. The fraction of sp³-hybridized carbons (Fsp3) is 0.750. The molecule has 118 valence electrons. The third kappa shape index (κ3) is 4.06. The first kappa shape index (κ1) is 16.0. The smallest absolute Gasteiger partial charge is 0.225 e. The molecule has 0 unspecified atom stereocenters. The van der Waals surface area contributed by atoms with Gasteiger partial charge in [0, 0.05) is 25.4 Å². The lowest BCUT2D eigenvalue weighted by Crippen LogP contribution is -2.39. The highest BCUT2D eigenvalue weighted by atomic mass is 16.4. The Labute approximate surface area is 127 Å². The molecule has 0 aromatic carbocycles. The van der Waals surface area contributed by atoms with Crippen LogP contribution in [0.3, 0.4) is 0 Å². The quantitative estimate of drug-likeness (QED) is 0.858. The maximum absolute atomic E-state index is 12.0. The molecule has 0 radical (unpaired) electrons. The van der Waals surface area contributed by atoms with Gasteiger partial charge in [0.15, 0.2) is 0 Å². The average molecular weight is 293 g/mol. The minimum absolute atomic E-state index is 0.00360. The monoisotopic (exact) mass is 293 g/mol. The number of piperidine rings is 1. The minimum Gasteiger partial charge on any atom is -0.444 e. The number of hydrogen-bond acceptors (Lipinski definition) is 4. The lowest BCUT2D eigenvalue weighted by molar-refractivity contribution is -0.134. The number of amides is 1. The molecule has 21 heavy (non-hydrogen) atoms. The van der Waals surface area contributed by atoms with Crippen LogP contribution in [0.15, 0.2) is 10.6 Å². The average Bonchev–Trinajstić information content (AvgIpc) is 2.87. The molecule has 0 atom stereocenters. The van der Waals surface area contributed by atoms with Crippen LogP contribution < -0.4 is 0 Å². The van der Waals surface area contributed by atoms with Gasteiger partial charge in [-0.3, -0.25) is 9.69 Å². The summed E-state index contributed by atoms with van der Waals surface area (Å²) in [6, 6.07) is 0. The number of carbonyl (C=O) groups is 1. The second-order valence-electron chi connectivity index (χ2n) is 7.15. The maximum Gasteiger partial charge on any atom is 0.225 e. The number of hydrogen-bond donors (Lipinski definition) is 0. The Kier molecular flexibility index (Phi) is 4.71. The third-order valence-corrected chi connectivity index (χ3v) is 4.03. The number of likely N-dealkylation sites (tertiary alicyclic amines) is 1. The summed E-state index contributed by atoms with van der Waals surface area (Å²) < 4.78 is 5.84. The Hall–Kier alpha value is -1.36. The molecule has 2 rings (SSSR count). The van der Waals surface area contributed by atoms with Crippen LogP contribution in [0, 0.1) is 5.92 Å². The van der Waals surface area contributed by atoms with Gasteiger partial charge in [-0.25, -0.2) is 4.98 Å². The Bertz CT molecular complexity index is 480. The van der Waals surface area contributed by atoms with Crippen LogP contribution in [0.5, 0.6) is 0 Å². The zero-order chi connectivity index (χ0) is 15.6. The van der Waals surface area contributed by atoms with Gasteiger partial charge < -0.3 is 9.32 Å². The highest BCUT2D eigenvalue weighted by Crippen LogP contribution is 2.24. The zero-order valence-corrected chi connectivity index (χ0v) is 13.8. The van der Waals surface area contributed by atoms with Crippen molar-refractivity contribution in [1.29, 1.82) is 0 Å². The van der Waals surface area contributed by atoms with E-state index in [1.165, 1.54) is 0 Å². The molecule has 1 aromatic rings. The van der Waals surface area contributed by atoms with Gasteiger partial charge in [-0.15, -0.1) is 0 Å². The molecular weight excluding hydrogens is 266 g/mol. The SMILES string of the molecule is CN(C)C(=O)C1CCN(Cc2ncc(C(C)(C)C)o2)CC1. The molecule has 1 saturated heterocycles. The van der Waals surface area contributed by atoms with Gasteiger partial charge in [0.2, 0.25) is 11.8 Å². The second-order valence-corrected chi connectivity index (χ2v) is 7.15. The number of rotatable bonds is 3. The van der Waals surface area contributed by atoms with Crippen molar-refractivity contribution in [3.05, 3.63) is 17.8 Å². The number of carbonyl (C=O) groups excluding carboxylic acids is 1. The summed E-state index contributed by atoms with van der Waals surface area (Å²) in [7, 11) is 3.66. The summed E-state index contributed by atoms with van der Waals surface area (Å²) in [6.45, 7) is 8.95. The summed E-state index contributed by atoms with van der Waals surface area (Å²) in [4.78, 5) is 20.3. The zero-order valence-electron chi connectivity index (χ0n) is 13.8. The lowest BCUT2D eigenvalue weighted by atomic mass is 9.94. The van der Waals surface area contributed by atoms with Crippen molar-refractivity contribution in [2.75, 3.05) is 27.2 Å². The maximum atomic E-state index is 12.0. The highest BCUT2D eigenvalue weighted by Gasteiger charge is 2.27. The number of oxazole rings is 1. The number of nitrogens with zero attached hydrogens (tertiary/aromatic N) is 3. The van der Waals surface area contributed by atoms with E-state index in [2.05, 4.69) is 30.7 Å². The van der Waals surface area contributed by atoms with Crippen molar-refractivity contribution in [1.82, 2.24) is 14.8 Å². The van der Waals surface area contributed by atoms with Crippen LogP contribution in [0.4, 0.5) is 0 Å². The molecule has 2 heterocycles. The Morgan fingerprint density at radius 1 is 1.38 bits per heavy atom. The normalized spacial score (nSPS) is 18.0. The molecule has 1 aliphatic heterocycles. The fourth-order valence-corrected chi connectivity index (χ4v) is 2.62. The van der Waals surface area contributed by atoms with Crippen LogP contribution in [0.25, 0.3) is 0 Å². The standard InChI is InChI=1S/C16H27N3O2/c1-16(2,3)13-10-17-14(21-13)11-19-8-6-12(7-9-19)15(20)18(4)5/h10,12H,6-9,11H2,1-5H3. The van der Waals surface area contributed by atoms with E-state index in [-0.39, 0.29) is 17.2 Å². The third-order valence-electron chi connectivity index (χ3n) is 4.03. The topological polar surface area (TPSA) is 49.6 Å². The molecule has 1 amide bonds. The second kappa shape index (κ2) is 6.18. The summed E-state index contributed by atoms with van der Waals surface area (Å²) in [6.07, 6.45) is 3.67. The lowest BCUT2D eigenvalue weighted by Gasteiger charge is -2.31. The van der Waals surface area contributed by atoms with E-state index in [1.807, 2.05) is 20.3 Å². The predicted molar refractivity (Wildman–Crippen MR) is 81.9 cm³/mol. The first-order valence-electron chi connectivity index (χ1n) is 7.66. The first-order valence-corrected chi connectivity index (χ1v) is 7.66. The van der Waals surface area contributed by atoms with Crippen molar-refractivity contribution in [2.45, 2.75) is 45.6 Å². The minimum atomic E-state index is -0.00360. The summed E-state index contributed by atoms with van der Waals surface area (Å²) in [5.74, 6) is 2.12. The van der Waals surface area contributed by atoms with Gasteiger partial charge in [-0.2, -0.15) is 0 Å². The van der Waals surface area contributed by atoms with Gasteiger partial charge in [-0.1, -0.05) is 20.8 Å². The van der Waals surface area contributed by atoms with Crippen LogP contribution >= 0.6 is 0 Å². The van der Waals surface area contributed by atoms with Gasteiger partial charge in [0.1, 0.15) is 5.76 Å². The van der Waals surface area contributed by atoms with Crippen molar-refractivity contribution < 1.29 is 9.21 Å². The van der Waals surface area contributed by atoms with Crippen molar-refractivity contribution in [2.24, 2.45) is 5.92 Å². The fourth-order valence-electron chi connectivity index (χ4n) is 2.62. The molecule has 5 heteroatoms. The predicted octanol–water partition coefficient (Wildman–Crippen LogP) is 2.27. The summed E-state index contributed by atoms with van der Waals surface area (Å²) in [5, 5.41) is 0. The van der Waals surface area contributed by atoms with Gasteiger partial charge in [0.05, 0.1) is 12.7 Å². The van der Waals surface area contributed by atoms with Gasteiger partial charge >= 0.3 is 0 Å². The van der Waals surface area contributed by atoms with E-state index < -0.39 is 0 Å².